The van der Waals surface area contributed by atoms with Gasteiger partial charge in [0.1, 0.15) is 5.75 Å². The van der Waals surface area contributed by atoms with Crippen molar-refractivity contribution in [3.63, 3.8) is 0 Å². The summed E-state index contributed by atoms with van der Waals surface area (Å²) in [5.74, 6) is -0.585. The fourth-order valence-corrected chi connectivity index (χ4v) is 4.02. The zero-order valence-electron chi connectivity index (χ0n) is 16.6. The van der Waals surface area contributed by atoms with E-state index in [0.29, 0.717) is 28.4 Å². The van der Waals surface area contributed by atoms with E-state index in [9.17, 15) is 14.4 Å². The zero-order chi connectivity index (χ0) is 20.8. The van der Waals surface area contributed by atoms with Crippen molar-refractivity contribution in [1.82, 2.24) is 5.32 Å². The molecule has 2 rings (SSSR count). The topological polar surface area (TPSA) is 94.1 Å². The van der Waals surface area contributed by atoms with E-state index in [-0.39, 0.29) is 12.5 Å². The quantitative estimate of drug-likeness (QED) is 0.578. The second kappa shape index (κ2) is 9.54. The molecule has 1 unspecified atom stereocenters. The number of carbonyl (C=O) groups is 3. The Labute approximate surface area is 168 Å². The summed E-state index contributed by atoms with van der Waals surface area (Å²) in [6.07, 6.45) is 0.644. The van der Waals surface area contributed by atoms with Crippen molar-refractivity contribution < 1.29 is 23.9 Å². The highest BCUT2D eigenvalue weighted by Gasteiger charge is 2.29. The number of aliphatic imine (C=N–C) groups is 1. The first-order chi connectivity index (χ1) is 13.3. The van der Waals surface area contributed by atoms with E-state index in [2.05, 4.69) is 10.3 Å². The highest BCUT2D eigenvalue weighted by molar-refractivity contribution is 8.09. The van der Waals surface area contributed by atoms with E-state index < -0.39 is 17.4 Å². The van der Waals surface area contributed by atoms with Gasteiger partial charge in [-0.15, -0.1) is 0 Å². The Morgan fingerprint density at radius 1 is 1.21 bits per heavy atom. The van der Waals surface area contributed by atoms with Gasteiger partial charge in [-0.05, 0) is 43.5 Å². The first-order valence-corrected chi connectivity index (χ1v) is 9.86. The van der Waals surface area contributed by atoms with Crippen LogP contribution in [0.25, 0.3) is 4.91 Å². The van der Waals surface area contributed by atoms with E-state index in [1.54, 1.807) is 26.0 Å². The van der Waals surface area contributed by atoms with Crippen molar-refractivity contribution in [2.45, 2.75) is 46.5 Å². The average molecular weight is 404 g/mol. The molecule has 1 heterocycles. The summed E-state index contributed by atoms with van der Waals surface area (Å²) in [4.78, 5) is 40.4. The smallest absolute Gasteiger partial charge is 0.341 e. The Hall–Kier alpha value is -2.61. The average Bonchev–Trinajstić information content (AvgIpc) is 2.60. The third-order valence-corrected chi connectivity index (χ3v) is 5.01. The highest BCUT2D eigenvalue weighted by Crippen LogP contribution is 2.39. The van der Waals surface area contributed by atoms with Crippen LogP contribution in [0.3, 0.4) is 0 Å². The van der Waals surface area contributed by atoms with Crippen LogP contribution < -0.4 is 10.1 Å². The number of benzene rings is 1. The number of carbonyl (C=O) groups excluding carboxylic acids is 3. The molecule has 1 atom stereocenters. The molecule has 8 heteroatoms. The molecule has 7 nitrogen and oxygen atoms in total. The van der Waals surface area contributed by atoms with Crippen molar-refractivity contribution >= 4 is 40.2 Å². The normalized spacial score (nSPS) is 16.3. The minimum absolute atomic E-state index is 0.215. The van der Waals surface area contributed by atoms with Gasteiger partial charge in [0.2, 0.25) is 5.91 Å². The van der Waals surface area contributed by atoms with E-state index in [1.165, 1.54) is 25.6 Å². The number of aryl methyl sites for hydroxylation is 1. The van der Waals surface area contributed by atoms with Crippen LogP contribution in [0, 0.1) is 0 Å². The lowest BCUT2D eigenvalue weighted by Crippen LogP contribution is -2.33. The molecule has 1 amide bonds. The second-order valence-corrected chi connectivity index (χ2v) is 7.17. The van der Waals surface area contributed by atoms with E-state index in [4.69, 9.17) is 9.47 Å². The molecule has 0 fully saturated rings. The fraction of sp³-hybridized carbons (Fsp3) is 0.400. The minimum Gasteiger partial charge on any atom is -0.462 e. The lowest BCUT2D eigenvalue weighted by atomic mass is 10.0. The van der Waals surface area contributed by atoms with Gasteiger partial charge < -0.3 is 14.8 Å². The second-order valence-electron chi connectivity index (χ2n) is 6.08. The molecule has 1 aromatic carbocycles. The highest BCUT2D eigenvalue weighted by atomic mass is 32.2. The van der Waals surface area contributed by atoms with Crippen molar-refractivity contribution in [2.75, 3.05) is 6.61 Å². The van der Waals surface area contributed by atoms with Crippen LogP contribution in [0.1, 0.15) is 45.7 Å². The third-order valence-electron chi connectivity index (χ3n) is 3.89. The molecule has 0 bridgehead atoms. The van der Waals surface area contributed by atoms with Gasteiger partial charge in [-0.1, -0.05) is 24.8 Å². The lowest BCUT2D eigenvalue weighted by molar-refractivity contribution is -0.137. The summed E-state index contributed by atoms with van der Waals surface area (Å²) in [6.45, 7) is 8.42. The van der Waals surface area contributed by atoms with Gasteiger partial charge in [-0.25, -0.2) is 4.79 Å². The summed E-state index contributed by atoms with van der Waals surface area (Å²) in [5, 5.41) is 2.75. The van der Waals surface area contributed by atoms with Crippen molar-refractivity contribution in [3.05, 3.63) is 34.9 Å². The summed E-state index contributed by atoms with van der Waals surface area (Å²) < 4.78 is 10.5. The predicted octanol–water partition coefficient (Wildman–Crippen LogP) is 3.08. The van der Waals surface area contributed by atoms with Crippen LogP contribution in [0.4, 0.5) is 0 Å². The van der Waals surface area contributed by atoms with Gasteiger partial charge in [0, 0.05) is 18.8 Å². The fourth-order valence-electron chi connectivity index (χ4n) is 2.74. The van der Waals surface area contributed by atoms with Gasteiger partial charge in [-0.3, -0.25) is 14.6 Å². The van der Waals surface area contributed by atoms with E-state index in [1.807, 2.05) is 13.0 Å². The Morgan fingerprint density at radius 3 is 2.50 bits per heavy atom. The SMILES string of the molecule is CCOC(=O)C1=C(c2ccc(OC(C)=O)c(CC)c2)SC(NC(C)=O)N=C1C. The van der Waals surface area contributed by atoms with Crippen molar-refractivity contribution in [2.24, 2.45) is 4.99 Å². The van der Waals surface area contributed by atoms with Crippen LogP contribution >= 0.6 is 11.8 Å². The molecule has 0 aromatic heterocycles. The van der Waals surface area contributed by atoms with Crippen molar-refractivity contribution in [1.29, 1.82) is 0 Å². The van der Waals surface area contributed by atoms with Gasteiger partial charge in [0.25, 0.3) is 0 Å². The summed E-state index contributed by atoms with van der Waals surface area (Å²) in [7, 11) is 0. The molecule has 0 saturated heterocycles. The molecule has 0 aliphatic carbocycles. The molecule has 1 aliphatic rings. The molecule has 1 aliphatic heterocycles. The van der Waals surface area contributed by atoms with Crippen LogP contribution in [0.2, 0.25) is 0 Å². The summed E-state index contributed by atoms with van der Waals surface area (Å²) >= 11 is 1.27. The Balaban J connectivity index is 2.55. The Bertz CT molecular complexity index is 860. The number of ether oxygens (including phenoxy) is 2. The van der Waals surface area contributed by atoms with Gasteiger partial charge in [0.15, 0.2) is 5.50 Å². The zero-order valence-corrected chi connectivity index (χ0v) is 17.4. The number of hydrogen-bond donors (Lipinski definition) is 1. The number of hydrogen-bond acceptors (Lipinski definition) is 7. The molecule has 0 radical (unpaired) electrons. The monoisotopic (exact) mass is 404 g/mol. The molecule has 0 saturated carbocycles. The van der Waals surface area contributed by atoms with Gasteiger partial charge >= 0.3 is 11.9 Å². The standard InChI is InChI=1S/C20H24N2O5S/c1-6-14-10-15(8-9-16(14)27-13(5)24)18-17(19(25)26-7-2)11(3)21-20(28-18)22-12(4)23/h8-10,20H,6-7H2,1-5H3,(H,22,23). The van der Waals surface area contributed by atoms with Crippen LogP contribution in [-0.4, -0.2) is 35.7 Å². The predicted molar refractivity (Wildman–Crippen MR) is 109 cm³/mol. The number of amides is 1. The van der Waals surface area contributed by atoms with Gasteiger partial charge in [0.05, 0.1) is 17.9 Å². The first-order valence-electron chi connectivity index (χ1n) is 8.98. The molecular weight excluding hydrogens is 380 g/mol. The summed E-state index contributed by atoms with van der Waals surface area (Å²) in [6, 6.07) is 5.37. The Morgan fingerprint density at radius 2 is 1.93 bits per heavy atom. The largest absolute Gasteiger partial charge is 0.462 e. The Kier molecular flexibility index (Phi) is 7.39. The number of thioether (sulfide) groups is 1. The maximum atomic E-state index is 12.6. The van der Waals surface area contributed by atoms with Crippen LogP contribution in [0.15, 0.2) is 28.8 Å². The minimum atomic E-state index is -0.538. The molecule has 150 valence electrons. The van der Waals surface area contributed by atoms with Gasteiger partial charge in [-0.2, -0.15) is 0 Å². The maximum absolute atomic E-state index is 12.6. The molecule has 1 N–H and O–H groups in total. The number of nitrogens with one attached hydrogen (secondary N) is 1. The number of esters is 2. The van der Waals surface area contributed by atoms with Crippen LogP contribution in [-0.2, 0) is 25.5 Å². The third kappa shape index (κ3) is 5.22. The molecule has 28 heavy (non-hydrogen) atoms. The molecule has 0 spiro atoms. The summed E-state index contributed by atoms with van der Waals surface area (Å²) in [5.41, 5.74) is 1.93. The molecule has 1 aromatic rings. The van der Waals surface area contributed by atoms with Crippen LogP contribution in [0.5, 0.6) is 5.75 Å². The lowest BCUT2D eigenvalue weighted by Gasteiger charge is -2.24. The number of rotatable bonds is 6. The first kappa shape index (κ1) is 21.7. The van der Waals surface area contributed by atoms with E-state index in [0.717, 1.165) is 11.1 Å². The van der Waals surface area contributed by atoms with Crippen molar-refractivity contribution in [3.8, 4) is 5.75 Å². The van der Waals surface area contributed by atoms with E-state index >= 15 is 0 Å². The number of nitrogens with zero attached hydrogens (tertiary/aromatic N) is 1. The molecular formula is C20H24N2O5S. The maximum Gasteiger partial charge on any atom is 0.341 e.